The van der Waals surface area contributed by atoms with E-state index >= 15 is 0 Å². The average molecular weight is 296 g/mol. The van der Waals surface area contributed by atoms with Crippen LogP contribution in [0, 0.1) is 6.92 Å². The van der Waals surface area contributed by atoms with Crippen LogP contribution in [0.2, 0.25) is 0 Å². The monoisotopic (exact) mass is 296 g/mol. The summed E-state index contributed by atoms with van der Waals surface area (Å²) in [5.74, 6) is 0.573. The Balaban J connectivity index is 2.27. The lowest BCUT2D eigenvalue weighted by atomic mass is 10.1. The minimum Gasteiger partial charge on any atom is -0.382 e. The Morgan fingerprint density at radius 2 is 2.21 bits per heavy atom. The van der Waals surface area contributed by atoms with Gasteiger partial charge in [-0.3, -0.25) is 0 Å². The first kappa shape index (κ1) is 14.3. The molecule has 0 aromatic carbocycles. The number of rotatable bonds is 6. The molecular weight excluding hydrogens is 276 g/mol. The summed E-state index contributed by atoms with van der Waals surface area (Å²) in [6, 6.07) is 0.475. The van der Waals surface area contributed by atoms with Gasteiger partial charge in [-0.25, -0.2) is 4.98 Å². The zero-order valence-electron chi connectivity index (χ0n) is 11.6. The van der Waals surface area contributed by atoms with Crippen molar-refractivity contribution in [3.63, 3.8) is 0 Å². The van der Waals surface area contributed by atoms with Crippen molar-refractivity contribution in [3.8, 4) is 11.3 Å². The molecule has 0 amide bonds. The fraction of sp³-hybridized carbons (Fsp3) is 0.538. The molecule has 0 aliphatic carbocycles. The molecule has 2 aromatic rings. The number of thiazole rings is 1. The van der Waals surface area contributed by atoms with Gasteiger partial charge in [-0.05, 0) is 31.3 Å². The van der Waals surface area contributed by atoms with Crippen molar-refractivity contribution in [1.29, 1.82) is 0 Å². The molecule has 0 bridgehead atoms. The van der Waals surface area contributed by atoms with Crippen molar-refractivity contribution < 1.29 is 0 Å². The van der Waals surface area contributed by atoms with E-state index < -0.39 is 0 Å². The third-order valence-corrected chi connectivity index (χ3v) is 4.62. The summed E-state index contributed by atoms with van der Waals surface area (Å²) in [7, 11) is 0. The number of hydrogen-bond donors (Lipinski definition) is 2. The van der Waals surface area contributed by atoms with Gasteiger partial charge >= 0.3 is 0 Å². The molecule has 3 N–H and O–H groups in total. The molecule has 0 saturated carbocycles. The fourth-order valence-electron chi connectivity index (χ4n) is 2.04. The van der Waals surface area contributed by atoms with Crippen LogP contribution in [-0.4, -0.2) is 15.4 Å². The molecule has 4 nitrogen and oxygen atoms in total. The number of anilines is 2. The Hall–Kier alpha value is -1.14. The average Bonchev–Trinajstić information content (AvgIpc) is 2.95. The molecule has 0 fully saturated rings. The van der Waals surface area contributed by atoms with Crippen LogP contribution in [0.15, 0.2) is 5.38 Å². The maximum Gasteiger partial charge on any atom is 0.148 e. The summed E-state index contributed by atoms with van der Waals surface area (Å²) in [5, 5.41) is 7.70. The Labute approximate surface area is 122 Å². The lowest BCUT2D eigenvalue weighted by Crippen LogP contribution is -2.17. The van der Waals surface area contributed by atoms with E-state index in [-0.39, 0.29) is 0 Å². The second-order valence-electron chi connectivity index (χ2n) is 4.56. The van der Waals surface area contributed by atoms with Crippen LogP contribution in [0.4, 0.5) is 10.8 Å². The van der Waals surface area contributed by atoms with Crippen molar-refractivity contribution in [1.82, 2.24) is 9.36 Å². The Bertz CT molecular complexity index is 532. The predicted octanol–water partition coefficient (Wildman–Crippen LogP) is 4.15. The number of nitrogens with two attached hydrogens (primary N) is 1. The number of nitrogens with one attached hydrogen (secondary N) is 1. The molecule has 2 rings (SSSR count). The van der Waals surface area contributed by atoms with Gasteiger partial charge in [0.2, 0.25) is 0 Å². The quantitative estimate of drug-likeness (QED) is 0.840. The molecule has 2 aromatic heterocycles. The van der Waals surface area contributed by atoms with Crippen molar-refractivity contribution in [2.75, 3.05) is 11.1 Å². The van der Waals surface area contributed by atoms with Gasteiger partial charge in [0.1, 0.15) is 10.8 Å². The molecule has 2 heterocycles. The molecule has 0 aliphatic rings. The van der Waals surface area contributed by atoms with Crippen LogP contribution in [-0.2, 0) is 0 Å². The highest BCUT2D eigenvalue weighted by atomic mass is 32.1. The van der Waals surface area contributed by atoms with Crippen LogP contribution in [0.1, 0.15) is 38.1 Å². The van der Waals surface area contributed by atoms with Crippen LogP contribution >= 0.6 is 22.9 Å². The van der Waals surface area contributed by atoms with E-state index in [1.54, 1.807) is 11.3 Å². The largest absolute Gasteiger partial charge is 0.382 e. The highest BCUT2D eigenvalue weighted by Gasteiger charge is 2.18. The molecule has 104 valence electrons. The minimum atomic E-state index is 0.475. The van der Waals surface area contributed by atoms with E-state index in [1.807, 2.05) is 12.3 Å². The molecule has 0 saturated heterocycles. The molecule has 1 unspecified atom stereocenters. The van der Waals surface area contributed by atoms with Gasteiger partial charge in [-0.15, -0.1) is 11.3 Å². The summed E-state index contributed by atoms with van der Waals surface area (Å²) in [4.78, 5) is 4.52. The van der Waals surface area contributed by atoms with Crippen molar-refractivity contribution in [2.24, 2.45) is 0 Å². The smallest absolute Gasteiger partial charge is 0.148 e. The van der Waals surface area contributed by atoms with E-state index in [4.69, 9.17) is 5.73 Å². The van der Waals surface area contributed by atoms with Gasteiger partial charge in [-0.2, -0.15) is 4.37 Å². The van der Waals surface area contributed by atoms with E-state index in [2.05, 4.69) is 28.5 Å². The summed E-state index contributed by atoms with van der Waals surface area (Å²) in [5.41, 5.74) is 7.89. The van der Waals surface area contributed by atoms with Gasteiger partial charge in [0, 0.05) is 11.4 Å². The molecule has 0 aliphatic heterocycles. The van der Waals surface area contributed by atoms with Crippen LogP contribution in [0.3, 0.4) is 0 Å². The number of aromatic nitrogens is 2. The zero-order chi connectivity index (χ0) is 13.8. The third kappa shape index (κ3) is 3.25. The maximum atomic E-state index is 6.00. The highest BCUT2D eigenvalue weighted by molar-refractivity contribution is 7.11. The van der Waals surface area contributed by atoms with Crippen molar-refractivity contribution >= 4 is 33.7 Å². The lowest BCUT2D eigenvalue weighted by molar-refractivity contribution is 0.624. The summed E-state index contributed by atoms with van der Waals surface area (Å²) in [6.07, 6.45) is 3.43. The van der Waals surface area contributed by atoms with Gasteiger partial charge in [0.25, 0.3) is 0 Å². The topological polar surface area (TPSA) is 63.8 Å². The Kier molecular flexibility index (Phi) is 4.76. The molecule has 0 radical (unpaired) electrons. The Morgan fingerprint density at radius 3 is 2.79 bits per heavy atom. The lowest BCUT2D eigenvalue weighted by Gasteiger charge is -2.16. The second kappa shape index (κ2) is 6.34. The number of nitrogens with zero attached hydrogens (tertiary/aromatic N) is 2. The second-order valence-corrected chi connectivity index (χ2v) is 6.40. The molecule has 1 atom stereocenters. The normalized spacial score (nSPS) is 12.6. The van der Waals surface area contributed by atoms with Crippen LogP contribution in [0.5, 0.6) is 0 Å². The number of hydrogen-bond acceptors (Lipinski definition) is 6. The Morgan fingerprint density at radius 1 is 1.42 bits per heavy atom. The van der Waals surface area contributed by atoms with Gasteiger partial charge in [-0.1, -0.05) is 20.3 Å². The number of aryl methyl sites for hydroxylation is 1. The van der Waals surface area contributed by atoms with Crippen molar-refractivity contribution in [3.05, 3.63) is 10.4 Å². The van der Waals surface area contributed by atoms with Gasteiger partial charge in [0.05, 0.1) is 16.3 Å². The zero-order valence-corrected chi connectivity index (χ0v) is 13.2. The first-order valence-corrected chi connectivity index (χ1v) is 8.25. The van der Waals surface area contributed by atoms with E-state index in [0.29, 0.717) is 11.9 Å². The number of nitrogen functional groups attached to an aromatic ring is 1. The standard InChI is InChI=1S/C13H20N4S2/c1-4-6-9(5-2)16-13-11(12(14)17-19-13)10-7-18-8(3)15-10/h7,9,16H,4-6H2,1-3H3,(H2,14,17). The molecule has 0 spiro atoms. The predicted molar refractivity (Wildman–Crippen MR) is 85.0 cm³/mol. The summed E-state index contributed by atoms with van der Waals surface area (Å²) in [6.45, 7) is 6.41. The highest BCUT2D eigenvalue weighted by Crippen LogP contribution is 2.37. The van der Waals surface area contributed by atoms with Gasteiger partial charge < -0.3 is 11.1 Å². The van der Waals surface area contributed by atoms with E-state index in [0.717, 1.165) is 34.1 Å². The molecule has 19 heavy (non-hydrogen) atoms. The molecule has 6 heteroatoms. The molecular formula is C13H20N4S2. The summed E-state index contributed by atoms with van der Waals surface area (Å²) < 4.78 is 4.27. The SMILES string of the molecule is CCCC(CC)Nc1snc(N)c1-c1csc(C)n1. The van der Waals surface area contributed by atoms with E-state index in [9.17, 15) is 0 Å². The van der Waals surface area contributed by atoms with Crippen molar-refractivity contribution in [2.45, 2.75) is 46.1 Å². The van der Waals surface area contributed by atoms with Crippen LogP contribution < -0.4 is 11.1 Å². The van der Waals surface area contributed by atoms with Gasteiger partial charge in [0.15, 0.2) is 0 Å². The fourth-order valence-corrected chi connectivity index (χ4v) is 3.44. The van der Waals surface area contributed by atoms with Crippen LogP contribution in [0.25, 0.3) is 11.3 Å². The summed E-state index contributed by atoms with van der Waals surface area (Å²) >= 11 is 3.07. The first-order chi connectivity index (χ1) is 9.15. The van der Waals surface area contributed by atoms with E-state index in [1.165, 1.54) is 18.0 Å². The maximum absolute atomic E-state index is 6.00. The first-order valence-electron chi connectivity index (χ1n) is 6.59. The third-order valence-electron chi connectivity index (χ3n) is 3.06. The minimum absolute atomic E-state index is 0.475.